The number of phenolic OH excluding ortho intramolecular Hbond substituents is 2. The molecular weight excluding hydrogens is 342 g/mol. The van der Waals surface area contributed by atoms with Gasteiger partial charge in [0, 0.05) is 22.7 Å². The molecule has 2 aromatic rings. The number of urea groups is 1. The zero-order chi connectivity index (χ0) is 18.4. The number of amides is 2. The summed E-state index contributed by atoms with van der Waals surface area (Å²) < 4.78 is 0. The van der Waals surface area contributed by atoms with Gasteiger partial charge < -0.3 is 15.5 Å². The van der Waals surface area contributed by atoms with Crippen molar-refractivity contribution in [2.45, 2.75) is 26.8 Å². The molecule has 0 radical (unpaired) electrons. The molecule has 2 aromatic carbocycles. The first kappa shape index (κ1) is 18.6. The lowest BCUT2D eigenvalue weighted by Gasteiger charge is -2.11. The molecule has 0 aliphatic rings. The zero-order valence-electron chi connectivity index (χ0n) is 14.0. The molecule has 7 heteroatoms. The van der Waals surface area contributed by atoms with Crippen LogP contribution >= 0.6 is 11.6 Å². The molecule has 0 fully saturated rings. The van der Waals surface area contributed by atoms with Crippen LogP contribution in [0.4, 0.5) is 4.79 Å². The summed E-state index contributed by atoms with van der Waals surface area (Å²) >= 11 is 5.81. The first-order valence-corrected chi connectivity index (χ1v) is 8.17. The molecule has 25 heavy (non-hydrogen) atoms. The van der Waals surface area contributed by atoms with Gasteiger partial charge in [-0.3, -0.25) is 0 Å². The second-order valence-corrected chi connectivity index (χ2v) is 5.88. The van der Waals surface area contributed by atoms with E-state index in [1.54, 1.807) is 25.1 Å². The largest absolute Gasteiger partial charge is 0.508 e. The van der Waals surface area contributed by atoms with Crippen molar-refractivity contribution in [3.8, 4) is 11.5 Å². The van der Waals surface area contributed by atoms with E-state index in [1.807, 2.05) is 19.1 Å². The van der Waals surface area contributed by atoms with Gasteiger partial charge in [-0.15, -0.1) is 0 Å². The SMILES string of the molecule is CC/C(=N\NC(=O)NCc1ccc(Cl)cc1)c1ccc(O)c(C)c1O. The van der Waals surface area contributed by atoms with E-state index in [2.05, 4.69) is 15.8 Å². The lowest BCUT2D eigenvalue weighted by Crippen LogP contribution is -2.32. The molecule has 2 amide bonds. The van der Waals surface area contributed by atoms with E-state index in [0.717, 1.165) is 5.56 Å². The van der Waals surface area contributed by atoms with Gasteiger partial charge in [0.05, 0.1) is 5.71 Å². The van der Waals surface area contributed by atoms with E-state index >= 15 is 0 Å². The van der Waals surface area contributed by atoms with Gasteiger partial charge in [-0.05, 0) is 43.2 Å². The summed E-state index contributed by atoms with van der Waals surface area (Å²) in [6, 6.07) is 9.72. The molecular formula is C18H20ClN3O3. The number of halogens is 1. The Bertz CT molecular complexity index is 789. The smallest absolute Gasteiger partial charge is 0.335 e. The molecule has 132 valence electrons. The highest BCUT2D eigenvalue weighted by molar-refractivity contribution is 6.30. The monoisotopic (exact) mass is 361 g/mol. The van der Waals surface area contributed by atoms with E-state index in [1.165, 1.54) is 6.07 Å². The number of carbonyl (C=O) groups excluding carboxylic acids is 1. The van der Waals surface area contributed by atoms with Crippen LogP contribution in [0.2, 0.25) is 5.02 Å². The van der Waals surface area contributed by atoms with Crippen molar-refractivity contribution in [3.05, 3.63) is 58.1 Å². The fourth-order valence-electron chi connectivity index (χ4n) is 2.19. The van der Waals surface area contributed by atoms with E-state index < -0.39 is 6.03 Å². The third-order valence-corrected chi connectivity index (χ3v) is 3.96. The number of aromatic hydroxyl groups is 2. The van der Waals surface area contributed by atoms with Crippen LogP contribution in [0.5, 0.6) is 11.5 Å². The summed E-state index contributed by atoms with van der Waals surface area (Å²) in [5.41, 5.74) is 4.66. The molecule has 0 aliphatic heterocycles. The number of benzene rings is 2. The molecule has 0 saturated heterocycles. The van der Waals surface area contributed by atoms with Crippen molar-refractivity contribution in [2.24, 2.45) is 5.10 Å². The predicted molar refractivity (Wildman–Crippen MR) is 98.2 cm³/mol. The van der Waals surface area contributed by atoms with E-state index in [4.69, 9.17) is 11.6 Å². The second-order valence-electron chi connectivity index (χ2n) is 5.44. The van der Waals surface area contributed by atoms with Crippen molar-refractivity contribution in [1.82, 2.24) is 10.7 Å². The van der Waals surface area contributed by atoms with Gasteiger partial charge in [-0.1, -0.05) is 30.7 Å². The average Bonchev–Trinajstić information content (AvgIpc) is 2.61. The van der Waals surface area contributed by atoms with Gasteiger partial charge in [-0.2, -0.15) is 5.10 Å². The summed E-state index contributed by atoms with van der Waals surface area (Å²) in [6.45, 7) is 3.80. The standard InChI is InChI=1S/C18H20ClN3O3/c1-3-15(14-8-9-16(23)11(2)17(14)24)21-22-18(25)20-10-12-4-6-13(19)7-5-12/h4-9,23-24H,3,10H2,1-2H3,(H2,20,22,25)/b21-15+. The summed E-state index contributed by atoms with van der Waals surface area (Å²) in [5, 5.41) is 27.1. The van der Waals surface area contributed by atoms with E-state index in [-0.39, 0.29) is 11.5 Å². The minimum atomic E-state index is -0.462. The zero-order valence-corrected chi connectivity index (χ0v) is 14.8. The molecule has 4 N–H and O–H groups in total. The van der Waals surface area contributed by atoms with Crippen molar-refractivity contribution in [3.63, 3.8) is 0 Å². The van der Waals surface area contributed by atoms with Gasteiger partial charge in [0.15, 0.2) is 0 Å². The van der Waals surface area contributed by atoms with E-state index in [0.29, 0.717) is 34.8 Å². The molecule has 0 atom stereocenters. The lowest BCUT2D eigenvalue weighted by molar-refractivity contribution is 0.241. The van der Waals surface area contributed by atoms with Crippen molar-refractivity contribution in [2.75, 3.05) is 0 Å². The maximum absolute atomic E-state index is 11.9. The molecule has 0 saturated carbocycles. The molecule has 2 rings (SSSR count). The first-order valence-electron chi connectivity index (χ1n) is 7.79. The van der Waals surface area contributed by atoms with Crippen LogP contribution in [0.1, 0.15) is 30.0 Å². The first-order chi connectivity index (χ1) is 11.9. The number of carbonyl (C=O) groups is 1. The number of hydrogen-bond donors (Lipinski definition) is 4. The van der Waals surface area contributed by atoms with Crippen LogP contribution < -0.4 is 10.7 Å². The minimum Gasteiger partial charge on any atom is -0.508 e. The summed E-state index contributed by atoms with van der Waals surface area (Å²) in [4.78, 5) is 11.9. The fraction of sp³-hybridized carbons (Fsp3) is 0.222. The number of hydrogen-bond acceptors (Lipinski definition) is 4. The predicted octanol–water partition coefficient (Wildman–Crippen LogP) is 3.67. The summed E-state index contributed by atoms with van der Waals surface area (Å²) in [7, 11) is 0. The van der Waals surface area contributed by atoms with Crippen molar-refractivity contribution >= 4 is 23.3 Å². The molecule has 6 nitrogen and oxygen atoms in total. The van der Waals surface area contributed by atoms with Crippen LogP contribution in [0.25, 0.3) is 0 Å². The summed E-state index contributed by atoms with van der Waals surface area (Å²) in [6.07, 6.45) is 0.495. The molecule has 0 bridgehead atoms. The second kappa shape index (κ2) is 8.39. The van der Waals surface area contributed by atoms with Crippen molar-refractivity contribution < 1.29 is 15.0 Å². The Morgan fingerprint density at radius 2 is 1.84 bits per heavy atom. The van der Waals surface area contributed by atoms with Gasteiger partial charge in [0.25, 0.3) is 0 Å². The maximum atomic E-state index is 11.9. The van der Waals surface area contributed by atoms with Crippen LogP contribution in [-0.4, -0.2) is 22.0 Å². The van der Waals surface area contributed by atoms with Gasteiger partial charge in [-0.25, -0.2) is 10.2 Å². The number of rotatable bonds is 5. The Hall–Kier alpha value is -2.73. The Labute approximate surface area is 151 Å². The Balaban J connectivity index is 2.01. The molecule has 0 spiro atoms. The third kappa shape index (κ3) is 4.87. The Morgan fingerprint density at radius 1 is 1.16 bits per heavy atom. The number of phenols is 2. The minimum absolute atomic E-state index is 0.00497. The molecule has 0 unspecified atom stereocenters. The Morgan fingerprint density at radius 3 is 2.48 bits per heavy atom. The van der Waals surface area contributed by atoms with Crippen LogP contribution in [-0.2, 0) is 6.54 Å². The van der Waals surface area contributed by atoms with E-state index in [9.17, 15) is 15.0 Å². The highest BCUT2D eigenvalue weighted by Crippen LogP contribution is 2.30. The van der Waals surface area contributed by atoms with Crippen molar-refractivity contribution in [1.29, 1.82) is 0 Å². The topological polar surface area (TPSA) is 94.0 Å². The van der Waals surface area contributed by atoms with Gasteiger partial charge in [0.2, 0.25) is 0 Å². The maximum Gasteiger partial charge on any atom is 0.335 e. The summed E-state index contributed by atoms with van der Waals surface area (Å²) in [5.74, 6) is -0.0469. The molecule has 0 heterocycles. The van der Waals surface area contributed by atoms with Gasteiger partial charge in [0.1, 0.15) is 11.5 Å². The highest BCUT2D eigenvalue weighted by Gasteiger charge is 2.13. The number of nitrogens with zero attached hydrogens (tertiary/aromatic N) is 1. The third-order valence-electron chi connectivity index (χ3n) is 3.71. The molecule has 0 aromatic heterocycles. The Kier molecular flexibility index (Phi) is 6.25. The highest BCUT2D eigenvalue weighted by atomic mass is 35.5. The number of nitrogens with one attached hydrogen (secondary N) is 2. The lowest BCUT2D eigenvalue weighted by atomic mass is 10.0. The quantitative estimate of drug-likeness (QED) is 0.483. The average molecular weight is 362 g/mol. The number of hydrazone groups is 1. The van der Waals surface area contributed by atoms with Crippen LogP contribution in [0, 0.1) is 6.92 Å². The van der Waals surface area contributed by atoms with Crippen LogP contribution in [0.3, 0.4) is 0 Å². The normalized spacial score (nSPS) is 11.2. The van der Waals surface area contributed by atoms with Crippen LogP contribution in [0.15, 0.2) is 41.5 Å². The fourth-order valence-corrected chi connectivity index (χ4v) is 2.32. The molecule has 0 aliphatic carbocycles. The van der Waals surface area contributed by atoms with Gasteiger partial charge >= 0.3 is 6.03 Å².